The molecular weight excluding hydrogens is 192 g/mol. The van der Waals surface area contributed by atoms with Crippen LogP contribution in [0.4, 0.5) is 5.69 Å². The maximum atomic E-state index is 11.7. The van der Waals surface area contributed by atoms with Gasteiger partial charge in [0.25, 0.3) is 0 Å². The fourth-order valence-electron chi connectivity index (χ4n) is 1.81. The third kappa shape index (κ3) is 2.26. The second-order valence-corrected chi connectivity index (χ2v) is 3.77. The quantitative estimate of drug-likeness (QED) is 0.749. The molecule has 0 spiro atoms. The molecule has 0 unspecified atom stereocenters. The van der Waals surface area contributed by atoms with Crippen molar-refractivity contribution in [3.8, 4) is 0 Å². The first-order valence-corrected chi connectivity index (χ1v) is 5.18. The van der Waals surface area contributed by atoms with Crippen molar-refractivity contribution in [1.82, 2.24) is 4.98 Å². The molecular formula is C11H14N2O2. The van der Waals surface area contributed by atoms with E-state index in [0.717, 1.165) is 25.7 Å². The molecule has 4 nitrogen and oxygen atoms in total. The van der Waals surface area contributed by atoms with Crippen molar-refractivity contribution < 1.29 is 9.53 Å². The number of carbonyl (C=O) groups is 1. The summed E-state index contributed by atoms with van der Waals surface area (Å²) in [5, 5.41) is 0. The van der Waals surface area contributed by atoms with Gasteiger partial charge in [0, 0.05) is 6.20 Å². The molecule has 1 heterocycles. The number of esters is 1. The van der Waals surface area contributed by atoms with Gasteiger partial charge in [0.15, 0.2) is 0 Å². The first-order valence-electron chi connectivity index (χ1n) is 5.18. The lowest BCUT2D eigenvalue weighted by Gasteiger charge is -2.11. The first-order chi connectivity index (χ1) is 7.27. The van der Waals surface area contributed by atoms with Crippen molar-refractivity contribution in [2.24, 2.45) is 0 Å². The Hall–Kier alpha value is -1.58. The smallest absolute Gasteiger partial charge is 0.340 e. The van der Waals surface area contributed by atoms with Crippen LogP contribution in [0.1, 0.15) is 36.0 Å². The van der Waals surface area contributed by atoms with Crippen LogP contribution in [0.2, 0.25) is 0 Å². The zero-order chi connectivity index (χ0) is 10.7. The van der Waals surface area contributed by atoms with Crippen LogP contribution in [0.5, 0.6) is 0 Å². The molecule has 1 fully saturated rings. The van der Waals surface area contributed by atoms with E-state index >= 15 is 0 Å². The summed E-state index contributed by atoms with van der Waals surface area (Å²) >= 11 is 0. The molecule has 0 radical (unpaired) electrons. The third-order valence-corrected chi connectivity index (χ3v) is 2.65. The molecule has 1 aromatic rings. The van der Waals surface area contributed by atoms with E-state index in [1.807, 2.05) is 0 Å². The molecule has 2 rings (SSSR count). The van der Waals surface area contributed by atoms with Gasteiger partial charge in [-0.3, -0.25) is 4.98 Å². The Morgan fingerprint density at radius 3 is 2.87 bits per heavy atom. The van der Waals surface area contributed by atoms with Crippen LogP contribution in [0.25, 0.3) is 0 Å². The van der Waals surface area contributed by atoms with E-state index in [1.165, 1.54) is 6.20 Å². The number of nitrogens with two attached hydrogens (primary N) is 1. The highest BCUT2D eigenvalue weighted by atomic mass is 16.5. The van der Waals surface area contributed by atoms with Crippen molar-refractivity contribution in [2.75, 3.05) is 5.73 Å². The second kappa shape index (κ2) is 4.29. The highest BCUT2D eigenvalue weighted by molar-refractivity contribution is 5.94. The van der Waals surface area contributed by atoms with E-state index in [-0.39, 0.29) is 12.1 Å². The van der Waals surface area contributed by atoms with Gasteiger partial charge >= 0.3 is 5.97 Å². The van der Waals surface area contributed by atoms with Crippen LogP contribution < -0.4 is 5.73 Å². The summed E-state index contributed by atoms with van der Waals surface area (Å²) in [7, 11) is 0. The molecule has 1 saturated carbocycles. The van der Waals surface area contributed by atoms with Crippen LogP contribution in [-0.4, -0.2) is 17.1 Å². The number of anilines is 1. The highest BCUT2D eigenvalue weighted by Crippen LogP contribution is 2.22. The molecule has 80 valence electrons. The van der Waals surface area contributed by atoms with Crippen molar-refractivity contribution in [1.29, 1.82) is 0 Å². The van der Waals surface area contributed by atoms with Crippen LogP contribution in [-0.2, 0) is 4.74 Å². The van der Waals surface area contributed by atoms with Crippen LogP contribution >= 0.6 is 0 Å². The predicted octanol–water partition coefficient (Wildman–Crippen LogP) is 1.76. The first kappa shape index (κ1) is 9.96. The summed E-state index contributed by atoms with van der Waals surface area (Å²) in [6, 6.07) is 1.59. The highest BCUT2D eigenvalue weighted by Gasteiger charge is 2.21. The summed E-state index contributed by atoms with van der Waals surface area (Å²) in [5.41, 5.74) is 6.42. The SMILES string of the molecule is Nc1cnccc1C(=O)OC1CCCC1. The van der Waals surface area contributed by atoms with E-state index in [2.05, 4.69) is 4.98 Å². The average Bonchev–Trinajstić information content (AvgIpc) is 2.71. The maximum Gasteiger partial charge on any atom is 0.340 e. The number of hydrogen-bond acceptors (Lipinski definition) is 4. The minimum absolute atomic E-state index is 0.0741. The Kier molecular flexibility index (Phi) is 2.85. The molecule has 0 aliphatic heterocycles. The van der Waals surface area contributed by atoms with Gasteiger partial charge in [-0.15, -0.1) is 0 Å². The zero-order valence-corrected chi connectivity index (χ0v) is 8.48. The van der Waals surface area contributed by atoms with Gasteiger partial charge in [0.05, 0.1) is 17.4 Å². The molecule has 0 atom stereocenters. The molecule has 1 aliphatic carbocycles. The number of rotatable bonds is 2. The summed E-state index contributed by atoms with van der Waals surface area (Å²) in [5.74, 6) is -0.332. The number of pyridine rings is 1. The fraction of sp³-hybridized carbons (Fsp3) is 0.455. The van der Waals surface area contributed by atoms with Gasteiger partial charge < -0.3 is 10.5 Å². The van der Waals surface area contributed by atoms with Gasteiger partial charge in [-0.25, -0.2) is 4.79 Å². The second-order valence-electron chi connectivity index (χ2n) is 3.77. The Morgan fingerprint density at radius 2 is 2.20 bits per heavy atom. The van der Waals surface area contributed by atoms with Crippen LogP contribution in [0, 0.1) is 0 Å². The maximum absolute atomic E-state index is 11.7. The molecule has 0 aromatic carbocycles. The summed E-state index contributed by atoms with van der Waals surface area (Å²) in [6.07, 6.45) is 7.30. The van der Waals surface area contributed by atoms with E-state index in [9.17, 15) is 4.79 Å². The summed E-state index contributed by atoms with van der Waals surface area (Å²) < 4.78 is 5.33. The lowest BCUT2D eigenvalue weighted by atomic mass is 10.2. The monoisotopic (exact) mass is 206 g/mol. The van der Waals surface area contributed by atoms with Gasteiger partial charge in [-0.1, -0.05) is 0 Å². The molecule has 15 heavy (non-hydrogen) atoms. The number of aromatic nitrogens is 1. The molecule has 1 aliphatic rings. The van der Waals surface area contributed by atoms with E-state index in [0.29, 0.717) is 11.3 Å². The molecule has 0 bridgehead atoms. The number of carbonyl (C=O) groups excluding carboxylic acids is 1. The van der Waals surface area contributed by atoms with Gasteiger partial charge in [-0.05, 0) is 31.7 Å². The van der Waals surface area contributed by atoms with Crippen molar-refractivity contribution in [2.45, 2.75) is 31.8 Å². The van der Waals surface area contributed by atoms with Gasteiger partial charge in [0.1, 0.15) is 6.10 Å². The minimum atomic E-state index is -0.332. The summed E-state index contributed by atoms with van der Waals surface area (Å²) in [4.78, 5) is 15.5. The Balaban J connectivity index is 2.04. The predicted molar refractivity (Wildman–Crippen MR) is 56.3 cm³/mol. The standard InChI is InChI=1S/C11H14N2O2/c12-10-7-13-6-5-9(10)11(14)15-8-3-1-2-4-8/h5-8H,1-4,12H2. The van der Waals surface area contributed by atoms with Crippen molar-refractivity contribution in [3.05, 3.63) is 24.0 Å². The van der Waals surface area contributed by atoms with Crippen molar-refractivity contribution >= 4 is 11.7 Å². The molecule has 2 N–H and O–H groups in total. The Morgan fingerprint density at radius 1 is 1.47 bits per heavy atom. The largest absolute Gasteiger partial charge is 0.459 e. The number of nitrogen functional groups attached to an aromatic ring is 1. The van der Waals surface area contributed by atoms with Crippen molar-refractivity contribution in [3.63, 3.8) is 0 Å². The van der Waals surface area contributed by atoms with E-state index in [1.54, 1.807) is 12.3 Å². The lowest BCUT2D eigenvalue weighted by Crippen LogP contribution is -2.16. The zero-order valence-electron chi connectivity index (χ0n) is 8.48. The summed E-state index contributed by atoms with van der Waals surface area (Å²) in [6.45, 7) is 0. The van der Waals surface area contributed by atoms with Crippen LogP contribution in [0.15, 0.2) is 18.5 Å². The Bertz CT molecular complexity index is 359. The molecule has 4 heteroatoms. The normalized spacial score (nSPS) is 16.5. The third-order valence-electron chi connectivity index (χ3n) is 2.65. The minimum Gasteiger partial charge on any atom is -0.459 e. The average molecular weight is 206 g/mol. The molecule has 1 aromatic heterocycles. The molecule has 0 saturated heterocycles. The van der Waals surface area contributed by atoms with E-state index < -0.39 is 0 Å². The number of hydrogen-bond donors (Lipinski definition) is 1. The number of ether oxygens (including phenoxy) is 1. The fourth-order valence-corrected chi connectivity index (χ4v) is 1.81. The topological polar surface area (TPSA) is 65.2 Å². The van der Waals surface area contributed by atoms with E-state index in [4.69, 9.17) is 10.5 Å². The van der Waals surface area contributed by atoms with Crippen LogP contribution in [0.3, 0.4) is 0 Å². The van der Waals surface area contributed by atoms with Gasteiger partial charge in [-0.2, -0.15) is 0 Å². The van der Waals surface area contributed by atoms with Gasteiger partial charge in [0.2, 0.25) is 0 Å². The lowest BCUT2D eigenvalue weighted by molar-refractivity contribution is 0.0319. The molecule has 0 amide bonds. The number of nitrogens with zero attached hydrogens (tertiary/aromatic N) is 1. The Labute approximate surface area is 88.4 Å².